The summed E-state index contributed by atoms with van der Waals surface area (Å²) in [7, 11) is 0. The smallest absolute Gasteiger partial charge is 0.408 e. The van der Waals surface area contributed by atoms with Gasteiger partial charge in [0.25, 0.3) is 0 Å². The number of likely N-dealkylation sites (N-methyl/N-ethyl adjacent to an activating group) is 1. The molecule has 2 amide bonds. The molecular formula is C15H24N2O3S. The van der Waals surface area contributed by atoms with Gasteiger partial charge >= 0.3 is 6.09 Å². The maximum atomic E-state index is 12.1. The van der Waals surface area contributed by atoms with Crippen molar-refractivity contribution in [3.63, 3.8) is 0 Å². The highest BCUT2D eigenvalue weighted by atomic mass is 32.1. The van der Waals surface area contributed by atoms with Crippen LogP contribution in [-0.2, 0) is 16.0 Å². The summed E-state index contributed by atoms with van der Waals surface area (Å²) >= 11 is 1.68. The van der Waals surface area contributed by atoms with Gasteiger partial charge in [0.1, 0.15) is 12.1 Å². The van der Waals surface area contributed by atoms with Crippen LogP contribution in [0.2, 0.25) is 0 Å². The first-order valence-corrected chi connectivity index (χ1v) is 7.97. The van der Waals surface area contributed by atoms with E-state index in [-0.39, 0.29) is 12.5 Å². The molecule has 0 atom stereocenters. The van der Waals surface area contributed by atoms with Gasteiger partial charge in [0.2, 0.25) is 5.91 Å². The molecule has 0 spiro atoms. The minimum absolute atomic E-state index is 0.0345. The van der Waals surface area contributed by atoms with Gasteiger partial charge in [0, 0.05) is 18.0 Å². The topological polar surface area (TPSA) is 58.6 Å². The summed E-state index contributed by atoms with van der Waals surface area (Å²) in [5.41, 5.74) is -0.559. The summed E-state index contributed by atoms with van der Waals surface area (Å²) in [5, 5.41) is 4.52. The molecule has 21 heavy (non-hydrogen) atoms. The predicted molar refractivity (Wildman–Crippen MR) is 84.5 cm³/mol. The first-order valence-electron chi connectivity index (χ1n) is 7.09. The number of ether oxygens (including phenoxy) is 1. The molecule has 0 fully saturated rings. The molecular weight excluding hydrogens is 288 g/mol. The van der Waals surface area contributed by atoms with E-state index in [2.05, 4.69) is 11.4 Å². The highest BCUT2D eigenvalue weighted by molar-refractivity contribution is 7.09. The number of hydrogen-bond acceptors (Lipinski definition) is 4. The van der Waals surface area contributed by atoms with Gasteiger partial charge in [-0.25, -0.2) is 4.79 Å². The molecule has 0 saturated carbocycles. The lowest BCUT2D eigenvalue weighted by Crippen LogP contribution is -2.42. The third-order valence-electron chi connectivity index (χ3n) is 2.73. The van der Waals surface area contributed by atoms with E-state index in [0.717, 1.165) is 6.42 Å². The van der Waals surface area contributed by atoms with E-state index < -0.39 is 11.7 Å². The van der Waals surface area contributed by atoms with E-state index in [1.165, 1.54) is 4.88 Å². The molecule has 1 rings (SSSR count). The summed E-state index contributed by atoms with van der Waals surface area (Å²) in [5.74, 6) is -0.0973. The average Bonchev–Trinajstić information content (AvgIpc) is 2.88. The minimum atomic E-state index is -0.565. The Labute approximate surface area is 130 Å². The van der Waals surface area contributed by atoms with Crippen molar-refractivity contribution in [2.45, 2.75) is 39.7 Å². The van der Waals surface area contributed by atoms with Crippen LogP contribution in [0.3, 0.4) is 0 Å². The van der Waals surface area contributed by atoms with Crippen molar-refractivity contribution in [2.24, 2.45) is 0 Å². The first kappa shape index (κ1) is 17.5. The van der Waals surface area contributed by atoms with Crippen molar-refractivity contribution in [1.82, 2.24) is 10.2 Å². The molecule has 6 heteroatoms. The number of nitrogens with zero attached hydrogens (tertiary/aromatic N) is 1. The highest BCUT2D eigenvalue weighted by Crippen LogP contribution is 2.10. The number of nitrogens with one attached hydrogen (secondary N) is 1. The molecule has 1 aromatic heterocycles. The van der Waals surface area contributed by atoms with Crippen molar-refractivity contribution < 1.29 is 14.3 Å². The molecule has 0 radical (unpaired) electrons. The SMILES string of the molecule is CCN(CCc1cccs1)C(=O)CNC(=O)OC(C)(C)C. The number of thiophene rings is 1. The Bertz CT molecular complexity index is 452. The Hall–Kier alpha value is -1.56. The van der Waals surface area contributed by atoms with Gasteiger partial charge in [-0.15, -0.1) is 11.3 Å². The van der Waals surface area contributed by atoms with Crippen LogP contribution in [0.4, 0.5) is 4.79 Å². The number of carbonyl (C=O) groups excluding carboxylic acids is 2. The molecule has 5 nitrogen and oxygen atoms in total. The Balaban J connectivity index is 2.35. The van der Waals surface area contributed by atoms with E-state index in [1.54, 1.807) is 37.0 Å². The van der Waals surface area contributed by atoms with Crippen LogP contribution in [0.1, 0.15) is 32.6 Å². The number of carbonyl (C=O) groups is 2. The zero-order valence-electron chi connectivity index (χ0n) is 13.1. The van der Waals surface area contributed by atoms with Gasteiger partial charge in [-0.2, -0.15) is 0 Å². The monoisotopic (exact) mass is 312 g/mol. The second-order valence-electron chi connectivity index (χ2n) is 5.66. The Morgan fingerprint density at radius 3 is 2.62 bits per heavy atom. The molecule has 0 saturated heterocycles. The van der Waals surface area contributed by atoms with Gasteiger partial charge in [-0.1, -0.05) is 6.07 Å². The quantitative estimate of drug-likeness (QED) is 0.878. The lowest BCUT2D eigenvalue weighted by Gasteiger charge is -2.22. The molecule has 0 aliphatic heterocycles. The Morgan fingerprint density at radius 1 is 1.38 bits per heavy atom. The maximum absolute atomic E-state index is 12.1. The maximum Gasteiger partial charge on any atom is 0.408 e. The van der Waals surface area contributed by atoms with E-state index in [1.807, 2.05) is 18.4 Å². The van der Waals surface area contributed by atoms with Crippen LogP contribution in [0.15, 0.2) is 17.5 Å². The fourth-order valence-electron chi connectivity index (χ4n) is 1.73. The van der Waals surface area contributed by atoms with Crippen molar-refractivity contribution in [3.05, 3.63) is 22.4 Å². The second-order valence-corrected chi connectivity index (χ2v) is 6.69. The van der Waals surface area contributed by atoms with Gasteiger partial charge in [-0.3, -0.25) is 4.79 Å². The zero-order valence-corrected chi connectivity index (χ0v) is 14.0. The molecule has 0 aromatic carbocycles. The Kier molecular flexibility index (Phi) is 6.68. The van der Waals surface area contributed by atoms with Crippen LogP contribution in [0, 0.1) is 0 Å². The molecule has 1 heterocycles. The summed E-state index contributed by atoms with van der Waals surface area (Å²) in [6, 6.07) is 4.06. The van der Waals surface area contributed by atoms with Crippen LogP contribution in [-0.4, -0.2) is 42.1 Å². The Morgan fingerprint density at radius 2 is 2.10 bits per heavy atom. The van der Waals surface area contributed by atoms with Gasteiger partial charge in [0.05, 0.1) is 0 Å². The number of alkyl carbamates (subject to hydrolysis) is 1. The van der Waals surface area contributed by atoms with Crippen LogP contribution in [0.25, 0.3) is 0 Å². The molecule has 118 valence electrons. The van der Waals surface area contributed by atoms with Crippen molar-refractivity contribution >= 4 is 23.3 Å². The normalized spacial score (nSPS) is 11.0. The van der Waals surface area contributed by atoms with Crippen molar-refractivity contribution in [2.75, 3.05) is 19.6 Å². The molecule has 0 bridgehead atoms. The predicted octanol–water partition coefficient (Wildman–Crippen LogP) is 2.66. The van der Waals surface area contributed by atoms with Crippen molar-refractivity contribution in [1.29, 1.82) is 0 Å². The first-order chi connectivity index (χ1) is 9.81. The molecule has 0 aliphatic carbocycles. The minimum Gasteiger partial charge on any atom is -0.444 e. The number of hydrogen-bond donors (Lipinski definition) is 1. The summed E-state index contributed by atoms with van der Waals surface area (Å²) in [6.07, 6.45) is 0.272. The van der Waals surface area contributed by atoms with Crippen LogP contribution in [0.5, 0.6) is 0 Å². The van der Waals surface area contributed by atoms with Crippen molar-refractivity contribution in [3.8, 4) is 0 Å². The summed E-state index contributed by atoms with van der Waals surface area (Å²) in [6.45, 7) is 8.54. The second kappa shape index (κ2) is 8.02. The lowest BCUT2D eigenvalue weighted by atomic mass is 10.2. The average molecular weight is 312 g/mol. The lowest BCUT2D eigenvalue weighted by molar-refractivity contribution is -0.130. The van der Waals surface area contributed by atoms with E-state index in [9.17, 15) is 9.59 Å². The zero-order chi connectivity index (χ0) is 15.9. The van der Waals surface area contributed by atoms with Gasteiger partial charge in [0.15, 0.2) is 0 Å². The summed E-state index contributed by atoms with van der Waals surface area (Å²) in [4.78, 5) is 26.6. The molecule has 1 aromatic rings. The highest BCUT2D eigenvalue weighted by Gasteiger charge is 2.18. The van der Waals surface area contributed by atoms with E-state index in [4.69, 9.17) is 4.74 Å². The van der Waals surface area contributed by atoms with Gasteiger partial charge < -0.3 is 15.0 Å². The third-order valence-corrected chi connectivity index (χ3v) is 3.66. The molecule has 1 N–H and O–H groups in total. The third kappa shape index (κ3) is 7.13. The van der Waals surface area contributed by atoms with E-state index in [0.29, 0.717) is 13.1 Å². The van der Waals surface area contributed by atoms with E-state index >= 15 is 0 Å². The van der Waals surface area contributed by atoms with Gasteiger partial charge in [-0.05, 0) is 45.6 Å². The standard InChI is InChI=1S/C15H24N2O3S/c1-5-17(9-8-12-7-6-10-21-12)13(18)11-16-14(19)20-15(2,3)4/h6-7,10H,5,8-9,11H2,1-4H3,(H,16,19). The van der Waals surface area contributed by atoms with Crippen LogP contribution >= 0.6 is 11.3 Å². The summed E-state index contributed by atoms with van der Waals surface area (Å²) < 4.78 is 5.10. The molecule has 0 aliphatic rings. The number of amides is 2. The fourth-order valence-corrected chi connectivity index (χ4v) is 2.43. The van der Waals surface area contributed by atoms with Crippen LogP contribution < -0.4 is 5.32 Å². The molecule has 0 unspecified atom stereocenters. The largest absolute Gasteiger partial charge is 0.444 e. The number of rotatable bonds is 6. The fraction of sp³-hybridized carbons (Fsp3) is 0.600.